The summed E-state index contributed by atoms with van der Waals surface area (Å²) >= 11 is 1.28. The van der Waals surface area contributed by atoms with Gasteiger partial charge in [-0.2, -0.15) is 5.10 Å². The Labute approximate surface area is 275 Å². The third-order valence-corrected chi connectivity index (χ3v) is 9.63. The Balaban J connectivity index is 1.21. The number of imidazole rings is 1. The molecule has 0 radical (unpaired) electrons. The zero-order valence-electron chi connectivity index (χ0n) is 26.0. The van der Waals surface area contributed by atoms with Gasteiger partial charge in [-0.05, 0) is 25.1 Å². The number of amides is 1. The normalized spacial score (nSPS) is 20.0. The number of halogens is 3. The number of hydrogen-bond acceptors (Lipinski definition) is 10. The standard InChI is InChI=1S/C32H28F3N9O3S/c1-16-39-24-8-18(34)6-21-25-14-48-32(40-25)47-19-9-27(31(45)41(2)11-20(46-3)13-42(16)28(21)24)43(12-19)29-22-10-38-44(30(22)37-15-36-29)26-5-4-17(33)7-23(26)35/h4-8,10,14-15,19-20,27H,9,11-13H2,1-3H3/t19-,20-,27-/m0/s1. The highest BCUT2D eigenvalue weighted by Crippen LogP contribution is 2.37. The Bertz CT molecular complexity index is 2220. The number of aromatic nitrogens is 7. The van der Waals surface area contributed by atoms with Crippen LogP contribution in [0.4, 0.5) is 19.0 Å². The summed E-state index contributed by atoms with van der Waals surface area (Å²) in [6.07, 6.45) is 2.24. The predicted molar refractivity (Wildman–Crippen MR) is 171 cm³/mol. The number of hydrogen-bond donors (Lipinski definition) is 0. The van der Waals surface area contributed by atoms with Crippen LogP contribution in [0.15, 0.2) is 48.2 Å². The Kier molecular flexibility index (Phi) is 7.28. The highest BCUT2D eigenvalue weighted by Gasteiger charge is 2.42. The highest BCUT2D eigenvalue weighted by molar-refractivity contribution is 7.11. The first-order valence-corrected chi connectivity index (χ1v) is 16.0. The third-order valence-electron chi connectivity index (χ3n) is 8.90. The Hall–Kier alpha value is -5.09. The molecule has 1 amide bonds. The molecule has 4 aromatic heterocycles. The first kappa shape index (κ1) is 30.3. The molecule has 16 heteroatoms. The van der Waals surface area contributed by atoms with E-state index in [4.69, 9.17) is 14.5 Å². The molecular weight excluding hydrogens is 647 g/mol. The molecule has 48 heavy (non-hydrogen) atoms. The van der Waals surface area contributed by atoms with E-state index >= 15 is 0 Å². The Morgan fingerprint density at radius 2 is 1.90 bits per heavy atom. The molecule has 246 valence electrons. The van der Waals surface area contributed by atoms with Gasteiger partial charge in [-0.25, -0.2) is 37.8 Å². The second-order valence-corrected chi connectivity index (χ2v) is 12.7. The maximum atomic E-state index is 14.8. The molecule has 2 aliphatic heterocycles. The molecule has 0 saturated carbocycles. The van der Waals surface area contributed by atoms with Gasteiger partial charge in [0.05, 0.1) is 47.5 Å². The number of ether oxygens (including phenoxy) is 2. The summed E-state index contributed by atoms with van der Waals surface area (Å²) in [7, 11) is 3.31. The lowest BCUT2D eigenvalue weighted by Gasteiger charge is -2.30. The van der Waals surface area contributed by atoms with Crippen molar-refractivity contribution in [1.29, 1.82) is 0 Å². The van der Waals surface area contributed by atoms with E-state index in [1.54, 1.807) is 19.1 Å². The van der Waals surface area contributed by atoms with Crippen molar-refractivity contribution in [2.24, 2.45) is 0 Å². The fourth-order valence-corrected chi connectivity index (χ4v) is 7.38. The zero-order chi connectivity index (χ0) is 33.3. The smallest absolute Gasteiger partial charge is 0.274 e. The summed E-state index contributed by atoms with van der Waals surface area (Å²) in [6.45, 7) is 2.72. The van der Waals surface area contributed by atoms with E-state index in [-0.39, 0.29) is 30.3 Å². The van der Waals surface area contributed by atoms with E-state index in [2.05, 4.69) is 20.1 Å². The summed E-state index contributed by atoms with van der Waals surface area (Å²) in [5.74, 6) is -1.04. The average Bonchev–Trinajstić information content (AvgIpc) is 3.85. The fourth-order valence-electron chi connectivity index (χ4n) is 6.65. The molecule has 4 bridgehead atoms. The molecule has 8 rings (SSSR count). The molecule has 6 aromatic rings. The first-order chi connectivity index (χ1) is 23.2. The lowest BCUT2D eigenvalue weighted by molar-refractivity contribution is -0.133. The largest absolute Gasteiger partial charge is 0.465 e. The van der Waals surface area contributed by atoms with Crippen molar-refractivity contribution in [3.05, 3.63) is 71.5 Å². The molecule has 3 atom stereocenters. The summed E-state index contributed by atoms with van der Waals surface area (Å²) < 4.78 is 58.7. The maximum Gasteiger partial charge on any atom is 0.274 e. The second-order valence-electron chi connectivity index (χ2n) is 11.9. The minimum Gasteiger partial charge on any atom is -0.465 e. The van der Waals surface area contributed by atoms with Crippen molar-refractivity contribution in [3.63, 3.8) is 0 Å². The Morgan fingerprint density at radius 3 is 2.71 bits per heavy atom. The van der Waals surface area contributed by atoms with Crippen molar-refractivity contribution >= 4 is 45.1 Å². The molecule has 1 saturated heterocycles. The van der Waals surface area contributed by atoms with Crippen LogP contribution >= 0.6 is 11.3 Å². The lowest BCUT2D eigenvalue weighted by atomic mass is 10.1. The number of rotatable bonds is 3. The monoisotopic (exact) mass is 675 g/mol. The average molecular weight is 676 g/mol. The zero-order valence-corrected chi connectivity index (χ0v) is 26.8. The quantitative estimate of drug-likeness (QED) is 0.267. The van der Waals surface area contributed by atoms with Crippen LogP contribution in [0.5, 0.6) is 5.19 Å². The number of anilines is 1. The van der Waals surface area contributed by atoms with E-state index < -0.39 is 35.7 Å². The van der Waals surface area contributed by atoms with Crippen LogP contribution in [0.25, 0.3) is 39.0 Å². The molecule has 2 aliphatic rings. The van der Waals surface area contributed by atoms with Gasteiger partial charge in [0.1, 0.15) is 47.4 Å². The van der Waals surface area contributed by atoms with Crippen molar-refractivity contribution in [3.8, 4) is 22.1 Å². The van der Waals surface area contributed by atoms with Gasteiger partial charge in [0.25, 0.3) is 5.19 Å². The van der Waals surface area contributed by atoms with Crippen molar-refractivity contribution in [2.45, 2.75) is 38.1 Å². The van der Waals surface area contributed by atoms with E-state index in [1.807, 2.05) is 21.8 Å². The molecule has 2 aromatic carbocycles. The van der Waals surface area contributed by atoms with E-state index in [9.17, 15) is 18.0 Å². The van der Waals surface area contributed by atoms with Crippen molar-refractivity contribution < 1.29 is 27.4 Å². The number of thiazole rings is 1. The molecule has 0 N–H and O–H groups in total. The summed E-state index contributed by atoms with van der Waals surface area (Å²) in [4.78, 5) is 35.9. The van der Waals surface area contributed by atoms with Crippen LogP contribution in [0.3, 0.4) is 0 Å². The molecule has 6 heterocycles. The number of carbonyl (C=O) groups excluding carboxylic acids is 1. The van der Waals surface area contributed by atoms with Crippen LogP contribution < -0.4 is 9.64 Å². The fraction of sp³-hybridized carbons (Fsp3) is 0.312. The molecule has 0 spiro atoms. The summed E-state index contributed by atoms with van der Waals surface area (Å²) in [5.41, 5.74) is 2.64. The van der Waals surface area contributed by atoms with E-state index in [1.165, 1.54) is 46.7 Å². The topological polar surface area (TPSA) is 116 Å². The van der Waals surface area contributed by atoms with Crippen molar-refractivity contribution in [2.75, 3.05) is 32.1 Å². The van der Waals surface area contributed by atoms with Gasteiger partial charge in [-0.15, -0.1) is 0 Å². The van der Waals surface area contributed by atoms with E-state index in [0.29, 0.717) is 52.0 Å². The molecular formula is C32H28F3N9O3S. The van der Waals surface area contributed by atoms with Gasteiger partial charge in [-0.3, -0.25) is 4.79 Å². The number of fused-ring (bicyclic) bond motifs is 6. The molecule has 0 unspecified atom stereocenters. The number of carbonyl (C=O) groups is 1. The van der Waals surface area contributed by atoms with Gasteiger partial charge < -0.3 is 23.8 Å². The lowest BCUT2D eigenvalue weighted by Crippen LogP contribution is -2.47. The first-order valence-electron chi connectivity index (χ1n) is 15.2. The van der Waals surface area contributed by atoms with Gasteiger partial charge in [0.2, 0.25) is 5.91 Å². The molecule has 0 aliphatic carbocycles. The number of likely N-dealkylation sites (N-methyl/N-ethyl adjacent to an activating group) is 1. The summed E-state index contributed by atoms with van der Waals surface area (Å²) in [6, 6.07) is 5.35. The van der Waals surface area contributed by atoms with Crippen LogP contribution in [-0.2, 0) is 16.1 Å². The molecule has 1 fully saturated rings. The minimum absolute atomic E-state index is 0.0181. The van der Waals surface area contributed by atoms with Gasteiger partial charge >= 0.3 is 0 Å². The summed E-state index contributed by atoms with van der Waals surface area (Å²) in [5, 5.41) is 7.00. The number of methoxy groups -OCH3 is 1. The number of aryl methyl sites for hydroxylation is 1. The SMILES string of the molecule is CO[C@H]1CN(C)C(=O)[C@@H]2C[C@@H](CN2c2ncnc3c2cnn3-c2ccc(F)cc2F)Oc2nc(cs2)-c2cc(F)cc3nc(C)n(c23)C1. The van der Waals surface area contributed by atoms with Gasteiger partial charge in [0, 0.05) is 50.2 Å². The third kappa shape index (κ3) is 5.02. The van der Waals surface area contributed by atoms with Crippen LogP contribution in [0.1, 0.15) is 12.2 Å². The number of nitrogens with zero attached hydrogens (tertiary/aromatic N) is 9. The second kappa shape index (κ2) is 11.6. The van der Waals surface area contributed by atoms with Crippen LogP contribution in [0, 0.1) is 24.4 Å². The molecule has 12 nitrogen and oxygen atoms in total. The number of benzene rings is 2. The maximum absolute atomic E-state index is 14.8. The van der Waals surface area contributed by atoms with Crippen molar-refractivity contribution in [1.82, 2.24) is 39.2 Å². The Morgan fingerprint density at radius 1 is 1.04 bits per heavy atom. The van der Waals surface area contributed by atoms with Crippen LogP contribution in [0.2, 0.25) is 0 Å². The van der Waals surface area contributed by atoms with Gasteiger partial charge in [0.15, 0.2) is 11.5 Å². The predicted octanol–water partition coefficient (Wildman–Crippen LogP) is 4.53. The minimum atomic E-state index is -0.801. The van der Waals surface area contributed by atoms with Gasteiger partial charge in [-0.1, -0.05) is 11.3 Å². The van der Waals surface area contributed by atoms with Crippen LogP contribution in [-0.4, -0.2) is 90.6 Å². The van der Waals surface area contributed by atoms with E-state index in [0.717, 1.165) is 17.6 Å². The highest BCUT2D eigenvalue weighted by atomic mass is 32.1.